The van der Waals surface area contributed by atoms with Gasteiger partial charge in [0.25, 0.3) is 6.47 Å². The van der Waals surface area contributed by atoms with Crippen molar-refractivity contribution >= 4 is 17.4 Å². The van der Waals surface area contributed by atoms with Gasteiger partial charge in [0.05, 0.1) is 6.61 Å². The van der Waals surface area contributed by atoms with Gasteiger partial charge in [0, 0.05) is 11.2 Å². The highest BCUT2D eigenvalue weighted by Crippen LogP contribution is 2.12. The van der Waals surface area contributed by atoms with E-state index in [0.29, 0.717) is 13.1 Å². The summed E-state index contributed by atoms with van der Waals surface area (Å²) < 4.78 is 4.15. The van der Waals surface area contributed by atoms with Gasteiger partial charge >= 0.3 is 0 Å². The molecule has 3 heteroatoms. The Bertz CT molecular complexity index is 387. The first-order valence-corrected chi connectivity index (χ1v) is 4.87. The van der Waals surface area contributed by atoms with Gasteiger partial charge in [0.2, 0.25) is 0 Å². The first-order valence-electron chi connectivity index (χ1n) is 4.87. The molecule has 2 aromatic rings. The topological polar surface area (TPSA) is 42.1 Å². The van der Waals surface area contributed by atoms with E-state index in [1.54, 1.807) is 6.92 Å². The maximum atomic E-state index is 9.18. The predicted molar refractivity (Wildman–Crippen MR) is 60.7 cm³/mol. The summed E-state index contributed by atoms with van der Waals surface area (Å²) in [7, 11) is 0. The zero-order valence-electron chi connectivity index (χ0n) is 8.99. The van der Waals surface area contributed by atoms with Crippen LogP contribution in [0.3, 0.4) is 0 Å². The second-order valence-corrected chi connectivity index (χ2v) is 3.09. The number of fused-ring (bicyclic) bond motifs is 1. The lowest BCUT2D eigenvalue weighted by Gasteiger charge is -1.83. The number of H-pyrrole nitrogens is 1. The number of carbonyl (C=O) groups is 1. The fourth-order valence-corrected chi connectivity index (χ4v) is 1.29. The first kappa shape index (κ1) is 11.3. The van der Waals surface area contributed by atoms with Crippen molar-refractivity contribution in [1.82, 2.24) is 4.98 Å². The van der Waals surface area contributed by atoms with Crippen molar-refractivity contribution in [2.24, 2.45) is 0 Å². The largest absolute Gasteiger partial charge is 0.468 e. The molecule has 0 amide bonds. The molecule has 0 aliphatic heterocycles. The van der Waals surface area contributed by atoms with Gasteiger partial charge < -0.3 is 9.72 Å². The number of aryl methyl sites for hydroxylation is 1. The van der Waals surface area contributed by atoms with Crippen molar-refractivity contribution in [2.75, 3.05) is 6.61 Å². The molecular formula is C12H15NO2. The lowest BCUT2D eigenvalue weighted by atomic mass is 10.2. The minimum absolute atomic E-state index is 0.431. The summed E-state index contributed by atoms with van der Waals surface area (Å²) in [6.45, 7) is 4.73. The average Bonchev–Trinajstić information content (AvgIpc) is 2.60. The van der Waals surface area contributed by atoms with E-state index in [4.69, 9.17) is 0 Å². The fraction of sp³-hybridized carbons (Fsp3) is 0.250. The SMILES string of the molecule is CCOC=O.Cc1cc2ccccc2[nH]1. The Morgan fingerprint density at radius 1 is 1.40 bits per heavy atom. The van der Waals surface area contributed by atoms with Gasteiger partial charge in [-0.25, -0.2) is 0 Å². The molecule has 80 valence electrons. The monoisotopic (exact) mass is 205 g/mol. The number of nitrogens with one attached hydrogen (secondary N) is 1. The third-order valence-electron chi connectivity index (χ3n) is 1.90. The first-order chi connectivity index (χ1) is 7.27. The quantitative estimate of drug-likeness (QED) is 0.766. The zero-order valence-corrected chi connectivity index (χ0v) is 8.99. The van der Waals surface area contributed by atoms with Crippen LogP contribution in [0.4, 0.5) is 0 Å². The smallest absolute Gasteiger partial charge is 0.293 e. The number of rotatable bonds is 2. The molecule has 1 aromatic carbocycles. The Balaban J connectivity index is 0.000000195. The normalized spacial score (nSPS) is 9.20. The Kier molecular flexibility index (Phi) is 4.41. The van der Waals surface area contributed by atoms with Crippen LogP contribution in [-0.4, -0.2) is 18.1 Å². The Morgan fingerprint density at radius 2 is 2.13 bits per heavy atom. The summed E-state index contributed by atoms with van der Waals surface area (Å²) in [5.41, 5.74) is 2.45. The van der Waals surface area contributed by atoms with Crippen LogP contribution in [0.15, 0.2) is 30.3 Å². The number of hydrogen-bond acceptors (Lipinski definition) is 2. The summed E-state index contributed by atoms with van der Waals surface area (Å²) in [6.07, 6.45) is 0. The standard InChI is InChI=1S/C9H9N.C3H6O2/c1-7-6-8-4-2-3-5-9(8)10-7;1-2-5-3-4/h2-6,10H,1H3;3H,2H2,1H3. The highest BCUT2D eigenvalue weighted by Gasteiger charge is 1.92. The van der Waals surface area contributed by atoms with Crippen LogP contribution in [0.2, 0.25) is 0 Å². The molecule has 0 saturated carbocycles. The van der Waals surface area contributed by atoms with Crippen LogP contribution in [0, 0.1) is 6.92 Å². The molecule has 0 aliphatic carbocycles. The lowest BCUT2D eigenvalue weighted by Crippen LogP contribution is -1.80. The van der Waals surface area contributed by atoms with Crippen LogP contribution in [0.5, 0.6) is 0 Å². The molecule has 1 N–H and O–H groups in total. The van der Waals surface area contributed by atoms with E-state index < -0.39 is 0 Å². The van der Waals surface area contributed by atoms with E-state index in [1.165, 1.54) is 16.6 Å². The highest BCUT2D eigenvalue weighted by molar-refractivity contribution is 5.79. The number of para-hydroxylation sites is 1. The molecule has 2 rings (SSSR count). The van der Waals surface area contributed by atoms with E-state index in [2.05, 4.69) is 40.9 Å². The molecule has 0 unspecified atom stereocenters. The van der Waals surface area contributed by atoms with Gasteiger partial charge in [-0.05, 0) is 31.4 Å². The summed E-state index contributed by atoms with van der Waals surface area (Å²) in [5, 5.41) is 1.29. The predicted octanol–water partition coefficient (Wildman–Crippen LogP) is 2.66. The number of benzene rings is 1. The zero-order chi connectivity index (χ0) is 11.1. The molecule has 0 fully saturated rings. The second kappa shape index (κ2) is 5.86. The van der Waals surface area contributed by atoms with Gasteiger partial charge in [0.1, 0.15) is 0 Å². The number of ether oxygens (including phenoxy) is 1. The van der Waals surface area contributed by atoms with Crippen molar-refractivity contribution in [1.29, 1.82) is 0 Å². The molecule has 1 aromatic heterocycles. The molecule has 0 atom stereocenters. The van der Waals surface area contributed by atoms with Crippen LogP contribution < -0.4 is 0 Å². The number of hydrogen-bond donors (Lipinski definition) is 1. The average molecular weight is 205 g/mol. The number of carbonyl (C=O) groups excluding carboxylic acids is 1. The minimum Gasteiger partial charge on any atom is -0.468 e. The molecule has 1 heterocycles. The Hall–Kier alpha value is -1.77. The van der Waals surface area contributed by atoms with E-state index >= 15 is 0 Å². The summed E-state index contributed by atoms with van der Waals surface area (Å²) >= 11 is 0. The molecule has 0 radical (unpaired) electrons. The van der Waals surface area contributed by atoms with Gasteiger partial charge in [-0.2, -0.15) is 0 Å². The van der Waals surface area contributed by atoms with E-state index in [0.717, 1.165) is 0 Å². The maximum Gasteiger partial charge on any atom is 0.293 e. The molecular weight excluding hydrogens is 190 g/mol. The Morgan fingerprint density at radius 3 is 2.67 bits per heavy atom. The van der Waals surface area contributed by atoms with Crippen molar-refractivity contribution in [2.45, 2.75) is 13.8 Å². The minimum atomic E-state index is 0.431. The Labute approximate surface area is 89.1 Å². The third kappa shape index (κ3) is 3.46. The maximum absolute atomic E-state index is 9.18. The summed E-state index contributed by atoms with van der Waals surface area (Å²) in [5.74, 6) is 0. The van der Waals surface area contributed by atoms with E-state index in [1.807, 2.05) is 6.07 Å². The lowest BCUT2D eigenvalue weighted by molar-refractivity contribution is -0.128. The van der Waals surface area contributed by atoms with Crippen LogP contribution in [0.1, 0.15) is 12.6 Å². The molecule has 0 spiro atoms. The van der Waals surface area contributed by atoms with Gasteiger partial charge in [-0.1, -0.05) is 18.2 Å². The van der Waals surface area contributed by atoms with Crippen LogP contribution >= 0.6 is 0 Å². The fourth-order valence-electron chi connectivity index (χ4n) is 1.29. The van der Waals surface area contributed by atoms with E-state index in [-0.39, 0.29) is 0 Å². The van der Waals surface area contributed by atoms with Crippen molar-refractivity contribution in [3.05, 3.63) is 36.0 Å². The van der Waals surface area contributed by atoms with Gasteiger partial charge in [-0.15, -0.1) is 0 Å². The van der Waals surface area contributed by atoms with Gasteiger partial charge in [0.15, 0.2) is 0 Å². The third-order valence-corrected chi connectivity index (χ3v) is 1.90. The molecule has 15 heavy (non-hydrogen) atoms. The number of aromatic amines is 1. The van der Waals surface area contributed by atoms with E-state index in [9.17, 15) is 4.79 Å². The molecule has 0 bridgehead atoms. The highest BCUT2D eigenvalue weighted by atomic mass is 16.5. The van der Waals surface area contributed by atoms with Crippen molar-refractivity contribution in [3.8, 4) is 0 Å². The van der Waals surface area contributed by atoms with Crippen molar-refractivity contribution in [3.63, 3.8) is 0 Å². The molecule has 0 aliphatic rings. The van der Waals surface area contributed by atoms with Crippen LogP contribution in [-0.2, 0) is 9.53 Å². The molecule has 0 saturated heterocycles. The summed E-state index contributed by atoms with van der Waals surface area (Å²) in [4.78, 5) is 12.4. The molecule has 3 nitrogen and oxygen atoms in total. The van der Waals surface area contributed by atoms with Crippen LogP contribution in [0.25, 0.3) is 10.9 Å². The number of aromatic nitrogens is 1. The van der Waals surface area contributed by atoms with Crippen molar-refractivity contribution < 1.29 is 9.53 Å². The van der Waals surface area contributed by atoms with Gasteiger partial charge in [-0.3, -0.25) is 4.79 Å². The summed E-state index contributed by atoms with van der Waals surface area (Å²) in [6, 6.07) is 10.4. The second-order valence-electron chi connectivity index (χ2n) is 3.09.